The Bertz CT molecular complexity index is 498. The lowest BCUT2D eigenvalue weighted by Gasteiger charge is -2.37. The van der Waals surface area contributed by atoms with Gasteiger partial charge >= 0.3 is 0 Å². The highest BCUT2D eigenvalue weighted by Crippen LogP contribution is 2.47. The van der Waals surface area contributed by atoms with Crippen LogP contribution in [-0.2, 0) is 0 Å². The molecule has 1 fully saturated rings. The largest absolute Gasteiger partial charge is 0.492 e. The number of methoxy groups -OCH3 is 1. The van der Waals surface area contributed by atoms with E-state index in [2.05, 4.69) is 18.7 Å². The molecule has 1 aromatic rings. The van der Waals surface area contributed by atoms with Gasteiger partial charge in [-0.25, -0.2) is 0 Å². The highest BCUT2D eigenvalue weighted by molar-refractivity contribution is 7.19. The molecule has 1 aliphatic heterocycles. The second-order valence-corrected chi connectivity index (χ2v) is 7.11. The summed E-state index contributed by atoms with van der Waals surface area (Å²) in [6, 6.07) is 0. The predicted molar refractivity (Wildman–Crippen MR) is 85.1 cm³/mol. The zero-order valence-corrected chi connectivity index (χ0v) is 13.6. The van der Waals surface area contributed by atoms with E-state index in [1.54, 1.807) is 7.11 Å². The number of piperidine rings is 1. The van der Waals surface area contributed by atoms with Crippen LogP contribution in [0.4, 0.5) is 10.7 Å². The molecular formula is C15H24N2O2S. The number of hydrogen-bond acceptors (Lipinski definition) is 5. The molecule has 2 rings (SSSR count). The number of carbonyl (C=O) groups excluding carboxylic acids is 1. The van der Waals surface area contributed by atoms with Crippen molar-refractivity contribution in [3.05, 3.63) is 4.88 Å². The van der Waals surface area contributed by atoms with E-state index in [9.17, 15) is 4.79 Å². The van der Waals surface area contributed by atoms with Crippen LogP contribution in [0.5, 0.6) is 5.75 Å². The lowest BCUT2D eigenvalue weighted by atomic mass is 9.83. The van der Waals surface area contributed by atoms with Gasteiger partial charge in [0, 0.05) is 19.5 Å². The molecule has 5 heteroatoms. The molecule has 4 nitrogen and oxygen atoms in total. The maximum atomic E-state index is 12.0. The van der Waals surface area contributed by atoms with Crippen LogP contribution < -0.4 is 15.4 Å². The van der Waals surface area contributed by atoms with Gasteiger partial charge in [0.25, 0.3) is 0 Å². The van der Waals surface area contributed by atoms with Gasteiger partial charge < -0.3 is 15.4 Å². The van der Waals surface area contributed by atoms with Crippen LogP contribution in [0.1, 0.15) is 49.7 Å². The van der Waals surface area contributed by atoms with Gasteiger partial charge in [-0.15, -0.1) is 11.3 Å². The Labute approximate surface area is 124 Å². The van der Waals surface area contributed by atoms with Gasteiger partial charge in [-0.05, 0) is 18.3 Å². The molecule has 0 bridgehead atoms. The van der Waals surface area contributed by atoms with E-state index in [1.807, 2.05) is 6.92 Å². The normalized spacial score (nSPS) is 18.1. The molecule has 0 atom stereocenters. The monoisotopic (exact) mass is 296 g/mol. The summed E-state index contributed by atoms with van der Waals surface area (Å²) < 4.78 is 5.45. The van der Waals surface area contributed by atoms with Crippen molar-refractivity contribution in [2.24, 2.45) is 5.41 Å². The molecule has 2 N–H and O–H groups in total. The first-order chi connectivity index (χ1) is 9.39. The average molecular weight is 296 g/mol. The number of hydrogen-bond donors (Lipinski definition) is 1. The number of rotatable bonds is 4. The van der Waals surface area contributed by atoms with Crippen LogP contribution in [-0.4, -0.2) is 26.0 Å². The average Bonchev–Trinajstić information content (AvgIpc) is 2.75. The fourth-order valence-electron chi connectivity index (χ4n) is 2.50. The smallest absolute Gasteiger partial charge is 0.177 e. The molecule has 0 amide bonds. The van der Waals surface area contributed by atoms with E-state index in [4.69, 9.17) is 10.5 Å². The van der Waals surface area contributed by atoms with Crippen LogP contribution >= 0.6 is 11.3 Å². The minimum Gasteiger partial charge on any atom is -0.492 e. The molecule has 0 aromatic carbocycles. The molecule has 0 saturated carbocycles. The summed E-state index contributed by atoms with van der Waals surface area (Å²) in [4.78, 5) is 14.9. The van der Waals surface area contributed by atoms with Crippen molar-refractivity contribution in [3.8, 4) is 5.75 Å². The van der Waals surface area contributed by atoms with E-state index >= 15 is 0 Å². The zero-order chi connectivity index (χ0) is 14.9. The molecule has 1 aromatic heterocycles. The number of nitrogens with zero attached hydrogens (tertiary/aromatic N) is 1. The lowest BCUT2D eigenvalue weighted by Crippen LogP contribution is -2.37. The van der Waals surface area contributed by atoms with Crippen molar-refractivity contribution in [1.29, 1.82) is 0 Å². The third-order valence-electron chi connectivity index (χ3n) is 4.06. The van der Waals surface area contributed by atoms with Gasteiger partial charge in [-0.3, -0.25) is 4.79 Å². The third kappa shape index (κ3) is 2.77. The van der Waals surface area contributed by atoms with Gasteiger partial charge in [-0.2, -0.15) is 0 Å². The molecule has 1 saturated heterocycles. The summed E-state index contributed by atoms with van der Waals surface area (Å²) in [6.45, 7) is 8.44. The molecule has 20 heavy (non-hydrogen) atoms. The Hall–Kier alpha value is -1.23. The quantitative estimate of drug-likeness (QED) is 0.863. The standard InChI is InChI=1S/C15H24N2O2S/c1-5-10(18)13-11(16)12(19-4)14(20-13)17-8-6-15(2,3)7-9-17/h5-9,16H2,1-4H3. The highest BCUT2D eigenvalue weighted by atomic mass is 32.1. The van der Waals surface area contributed by atoms with Crippen LogP contribution in [0.2, 0.25) is 0 Å². The number of carbonyl (C=O) groups is 1. The molecule has 0 spiro atoms. The summed E-state index contributed by atoms with van der Waals surface area (Å²) in [5.41, 5.74) is 6.99. The Balaban J connectivity index is 2.30. The molecule has 0 aliphatic carbocycles. The van der Waals surface area contributed by atoms with Crippen LogP contribution in [0.3, 0.4) is 0 Å². The SMILES string of the molecule is CCC(=O)c1sc(N2CCC(C)(C)CC2)c(OC)c1N. The second-order valence-electron chi connectivity index (χ2n) is 6.11. The third-order valence-corrected chi connectivity index (χ3v) is 5.35. The van der Waals surface area contributed by atoms with Crippen molar-refractivity contribution >= 4 is 27.8 Å². The van der Waals surface area contributed by atoms with Crippen LogP contribution in [0.15, 0.2) is 0 Å². The van der Waals surface area contributed by atoms with Crippen molar-refractivity contribution < 1.29 is 9.53 Å². The minimum absolute atomic E-state index is 0.0920. The Morgan fingerprint density at radius 1 is 1.40 bits per heavy atom. The van der Waals surface area contributed by atoms with Gasteiger partial charge in [0.05, 0.1) is 17.7 Å². The molecule has 0 radical (unpaired) electrons. The fraction of sp³-hybridized carbons (Fsp3) is 0.667. The number of thiophene rings is 1. The maximum Gasteiger partial charge on any atom is 0.177 e. The molecule has 0 unspecified atom stereocenters. The number of anilines is 2. The first-order valence-corrected chi connectivity index (χ1v) is 7.95. The molecule has 1 aliphatic rings. The van der Waals surface area contributed by atoms with Gasteiger partial charge in [-0.1, -0.05) is 20.8 Å². The summed E-state index contributed by atoms with van der Waals surface area (Å²) >= 11 is 1.48. The van der Waals surface area contributed by atoms with Crippen molar-refractivity contribution in [2.45, 2.75) is 40.0 Å². The Kier molecular flexibility index (Phi) is 4.28. The zero-order valence-electron chi connectivity index (χ0n) is 12.8. The van der Waals surface area contributed by atoms with Gasteiger partial charge in [0.2, 0.25) is 0 Å². The molecule has 112 valence electrons. The topological polar surface area (TPSA) is 55.6 Å². The number of ether oxygens (including phenoxy) is 1. The predicted octanol–water partition coefficient (Wildman–Crippen LogP) is 3.56. The number of Topliss-reactive ketones (excluding diaryl/α,β-unsaturated/α-hetero) is 1. The Morgan fingerprint density at radius 3 is 2.50 bits per heavy atom. The first kappa shape index (κ1) is 15.2. The van der Waals surface area contributed by atoms with E-state index in [1.165, 1.54) is 11.3 Å². The number of ketones is 1. The summed E-state index contributed by atoms with van der Waals surface area (Å²) in [5.74, 6) is 0.765. The van der Waals surface area contributed by atoms with E-state index in [0.717, 1.165) is 30.9 Å². The van der Waals surface area contributed by atoms with E-state index in [-0.39, 0.29) is 5.78 Å². The summed E-state index contributed by atoms with van der Waals surface area (Å²) in [6.07, 6.45) is 2.76. The first-order valence-electron chi connectivity index (χ1n) is 7.14. The lowest BCUT2D eigenvalue weighted by molar-refractivity contribution is 0.0992. The van der Waals surface area contributed by atoms with Crippen molar-refractivity contribution in [3.63, 3.8) is 0 Å². The van der Waals surface area contributed by atoms with Gasteiger partial charge in [0.15, 0.2) is 11.5 Å². The van der Waals surface area contributed by atoms with Crippen LogP contribution in [0, 0.1) is 5.41 Å². The minimum atomic E-state index is 0.0920. The molecule has 2 heterocycles. The fourth-order valence-corrected chi connectivity index (χ4v) is 3.76. The van der Waals surface area contributed by atoms with E-state index < -0.39 is 0 Å². The van der Waals surface area contributed by atoms with Crippen LogP contribution in [0.25, 0.3) is 0 Å². The van der Waals surface area contributed by atoms with Gasteiger partial charge in [0.1, 0.15) is 5.00 Å². The van der Waals surface area contributed by atoms with Crippen molar-refractivity contribution in [2.75, 3.05) is 30.8 Å². The summed E-state index contributed by atoms with van der Waals surface area (Å²) in [7, 11) is 1.62. The number of nitrogen functional groups attached to an aromatic ring is 1. The maximum absolute atomic E-state index is 12.0. The highest BCUT2D eigenvalue weighted by Gasteiger charge is 2.30. The summed E-state index contributed by atoms with van der Waals surface area (Å²) in [5, 5.41) is 1.01. The molecular weight excluding hydrogens is 272 g/mol. The number of nitrogens with two attached hydrogens (primary N) is 1. The second kappa shape index (κ2) is 5.64. The van der Waals surface area contributed by atoms with Crippen molar-refractivity contribution in [1.82, 2.24) is 0 Å². The Morgan fingerprint density at radius 2 is 2.00 bits per heavy atom. The van der Waals surface area contributed by atoms with E-state index in [0.29, 0.717) is 28.1 Å².